The Labute approximate surface area is 152 Å². The average Bonchev–Trinajstić information content (AvgIpc) is 2.93. The molecule has 1 rings (SSSR count). The van der Waals surface area contributed by atoms with E-state index >= 15 is 0 Å². The van der Waals surface area contributed by atoms with E-state index in [1.165, 1.54) is 0 Å². The molecule has 1 aliphatic rings. The van der Waals surface area contributed by atoms with Crippen LogP contribution in [0, 0.1) is 17.8 Å². The highest BCUT2D eigenvalue weighted by atomic mass is 16.4. The molecule has 0 aromatic heterocycles. The van der Waals surface area contributed by atoms with Gasteiger partial charge in [0.2, 0.25) is 0 Å². The molecule has 4 nitrogen and oxygen atoms in total. The van der Waals surface area contributed by atoms with Crippen molar-refractivity contribution in [2.75, 3.05) is 0 Å². The van der Waals surface area contributed by atoms with Gasteiger partial charge in [-0.3, -0.25) is 9.59 Å². The summed E-state index contributed by atoms with van der Waals surface area (Å²) in [5.74, 6) is 0.00449. The molecular weight excluding hydrogens is 316 g/mol. The number of aliphatic hydroxyl groups is 1. The molecule has 1 saturated carbocycles. The van der Waals surface area contributed by atoms with E-state index in [0.717, 1.165) is 32.1 Å². The quantitative estimate of drug-likeness (QED) is 0.401. The first kappa shape index (κ1) is 21.6. The second kappa shape index (κ2) is 12.0. The van der Waals surface area contributed by atoms with Crippen LogP contribution in [0.4, 0.5) is 0 Å². The van der Waals surface area contributed by atoms with Gasteiger partial charge in [0.05, 0.1) is 6.10 Å². The number of ketones is 1. The number of aliphatic hydroxyl groups excluding tert-OH is 1. The number of allylic oxidation sites excluding steroid dienone is 3. The Morgan fingerprint density at radius 1 is 1.32 bits per heavy atom. The molecule has 0 aliphatic heterocycles. The van der Waals surface area contributed by atoms with Crippen LogP contribution in [0.15, 0.2) is 24.3 Å². The summed E-state index contributed by atoms with van der Waals surface area (Å²) in [6, 6.07) is 0. The monoisotopic (exact) mass is 350 g/mol. The first-order chi connectivity index (χ1) is 12.0. The summed E-state index contributed by atoms with van der Waals surface area (Å²) in [5.41, 5.74) is 0. The molecule has 0 heterocycles. The van der Waals surface area contributed by atoms with E-state index in [9.17, 15) is 14.7 Å². The lowest BCUT2D eigenvalue weighted by atomic mass is 9.90. The molecule has 2 N–H and O–H groups in total. The third-order valence-corrected chi connectivity index (χ3v) is 5.12. The van der Waals surface area contributed by atoms with E-state index < -0.39 is 12.1 Å². The Hall–Kier alpha value is -1.42. The first-order valence-electron chi connectivity index (χ1n) is 9.71. The van der Waals surface area contributed by atoms with Gasteiger partial charge in [-0.25, -0.2) is 0 Å². The van der Waals surface area contributed by atoms with Crippen molar-refractivity contribution in [2.24, 2.45) is 17.8 Å². The number of hydrogen-bond acceptors (Lipinski definition) is 3. The molecule has 4 atom stereocenters. The highest BCUT2D eigenvalue weighted by Gasteiger charge is 2.32. The maximum absolute atomic E-state index is 12.1. The van der Waals surface area contributed by atoms with Gasteiger partial charge >= 0.3 is 5.97 Å². The molecule has 4 heteroatoms. The third-order valence-electron chi connectivity index (χ3n) is 5.12. The van der Waals surface area contributed by atoms with Crippen molar-refractivity contribution < 1.29 is 19.8 Å². The number of carboxylic acid groups (broad SMARTS) is 1. The predicted molar refractivity (Wildman–Crippen MR) is 100 cm³/mol. The van der Waals surface area contributed by atoms with Crippen LogP contribution in [0.5, 0.6) is 0 Å². The van der Waals surface area contributed by atoms with Crippen molar-refractivity contribution in [1.29, 1.82) is 0 Å². The van der Waals surface area contributed by atoms with Gasteiger partial charge in [-0.05, 0) is 43.9 Å². The maximum atomic E-state index is 12.1. The number of carboxylic acids is 1. The number of aliphatic carboxylic acids is 1. The van der Waals surface area contributed by atoms with E-state index in [1.807, 2.05) is 24.3 Å². The number of rotatable bonds is 12. The van der Waals surface area contributed by atoms with Crippen molar-refractivity contribution in [3.63, 3.8) is 0 Å². The molecule has 142 valence electrons. The molecular formula is C21H34O4. The topological polar surface area (TPSA) is 74.6 Å². The fourth-order valence-corrected chi connectivity index (χ4v) is 3.35. The van der Waals surface area contributed by atoms with Crippen LogP contribution >= 0.6 is 0 Å². The van der Waals surface area contributed by atoms with E-state index in [1.54, 1.807) is 0 Å². The van der Waals surface area contributed by atoms with Crippen LogP contribution in [-0.4, -0.2) is 28.1 Å². The van der Waals surface area contributed by atoms with Gasteiger partial charge < -0.3 is 10.2 Å². The summed E-state index contributed by atoms with van der Waals surface area (Å²) in [6.45, 7) is 4.22. The summed E-state index contributed by atoms with van der Waals surface area (Å²) in [7, 11) is 0. The Morgan fingerprint density at radius 2 is 2.08 bits per heavy atom. The van der Waals surface area contributed by atoms with Crippen LogP contribution in [0.3, 0.4) is 0 Å². The molecule has 0 bridgehead atoms. The molecule has 0 aromatic carbocycles. The van der Waals surface area contributed by atoms with E-state index in [4.69, 9.17) is 5.11 Å². The fourth-order valence-electron chi connectivity index (χ4n) is 3.35. The normalized spacial score (nSPS) is 23.6. The second-order valence-corrected chi connectivity index (χ2v) is 7.26. The third kappa shape index (κ3) is 8.48. The summed E-state index contributed by atoms with van der Waals surface area (Å²) in [6.07, 6.45) is 14.5. The van der Waals surface area contributed by atoms with Crippen LogP contribution in [-0.2, 0) is 9.59 Å². The van der Waals surface area contributed by atoms with E-state index in [0.29, 0.717) is 25.0 Å². The lowest BCUT2D eigenvalue weighted by Gasteiger charge is -2.17. The predicted octanol–water partition coefficient (Wildman–Crippen LogP) is 4.53. The molecule has 0 radical (unpaired) electrons. The second-order valence-electron chi connectivity index (χ2n) is 7.26. The average molecular weight is 350 g/mol. The van der Waals surface area contributed by atoms with Gasteiger partial charge in [0, 0.05) is 18.8 Å². The van der Waals surface area contributed by atoms with Gasteiger partial charge in [0.25, 0.3) is 0 Å². The zero-order valence-electron chi connectivity index (χ0n) is 15.7. The molecule has 25 heavy (non-hydrogen) atoms. The Balaban J connectivity index is 2.44. The van der Waals surface area contributed by atoms with Crippen molar-refractivity contribution >= 4 is 11.8 Å². The highest BCUT2D eigenvalue weighted by Crippen LogP contribution is 2.33. The largest absolute Gasteiger partial charge is 0.481 e. The number of unbranched alkanes of at least 4 members (excludes halogenated alkanes) is 2. The molecule has 0 aromatic rings. The fraction of sp³-hybridized carbons (Fsp3) is 0.714. The Bertz CT molecular complexity index is 467. The standard InChI is InChI=1S/C21H34O4/c1-3-4-9-16(2)19(22)14-12-17-13-15-20(23)18(17)10-7-5-6-8-11-21(24)25/h5,7,12,14,16-19,22H,3-4,6,8-11,13,15H2,1-2H3,(H,24,25)/b7-5-,14-12+/t16?,17-,18+,19-/m0/s1. The zero-order valence-corrected chi connectivity index (χ0v) is 15.7. The molecule has 0 amide bonds. The summed E-state index contributed by atoms with van der Waals surface area (Å²) < 4.78 is 0. The smallest absolute Gasteiger partial charge is 0.303 e. The number of carbonyl (C=O) groups is 2. The van der Waals surface area contributed by atoms with Gasteiger partial charge in [-0.2, -0.15) is 0 Å². The van der Waals surface area contributed by atoms with Crippen LogP contribution in [0.2, 0.25) is 0 Å². The van der Waals surface area contributed by atoms with Gasteiger partial charge in [-0.1, -0.05) is 51.0 Å². The minimum absolute atomic E-state index is 0.00474. The van der Waals surface area contributed by atoms with Crippen LogP contribution in [0.1, 0.15) is 71.6 Å². The minimum atomic E-state index is -0.767. The maximum Gasteiger partial charge on any atom is 0.303 e. The summed E-state index contributed by atoms with van der Waals surface area (Å²) in [4.78, 5) is 22.6. The van der Waals surface area contributed by atoms with Crippen LogP contribution in [0.25, 0.3) is 0 Å². The van der Waals surface area contributed by atoms with Crippen molar-refractivity contribution in [3.05, 3.63) is 24.3 Å². The van der Waals surface area contributed by atoms with Gasteiger partial charge in [0.1, 0.15) is 5.78 Å². The number of hydrogen-bond donors (Lipinski definition) is 2. The first-order valence-corrected chi connectivity index (χ1v) is 9.71. The van der Waals surface area contributed by atoms with Crippen LogP contribution < -0.4 is 0 Å². The molecule has 0 saturated heterocycles. The highest BCUT2D eigenvalue weighted by molar-refractivity contribution is 5.83. The van der Waals surface area contributed by atoms with E-state index in [-0.39, 0.29) is 24.2 Å². The minimum Gasteiger partial charge on any atom is -0.481 e. The van der Waals surface area contributed by atoms with Crippen molar-refractivity contribution in [3.8, 4) is 0 Å². The lowest BCUT2D eigenvalue weighted by Crippen LogP contribution is -2.16. The van der Waals surface area contributed by atoms with Crippen molar-refractivity contribution in [2.45, 2.75) is 77.7 Å². The van der Waals surface area contributed by atoms with Gasteiger partial charge in [0.15, 0.2) is 0 Å². The molecule has 1 aliphatic carbocycles. The Morgan fingerprint density at radius 3 is 2.76 bits per heavy atom. The summed E-state index contributed by atoms with van der Waals surface area (Å²) in [5, 5.41) is 18.8. The number of Topliss-reactive ketones (excluding diaryl/α,β-unsaturated/α-hetero) is 1. The van der Waals surface area contributed by atoms with E-state index in [2.05, 4.69) is 13.8 Å². The lowest BCUT2D eigenvalue weighted by molar-refractivity contribution is -0.137. The zero-order chi connectivity index (χ0) is 18.7. The SMILES string of the molecule is CCCCC(C)[C@@H](O)/C=C/[C@H]1CCC(=O)[C@@H]1C/C=C\CCCC(=O)O. The molecule has 1 unspecified atom stereocenters. The Kier molecular flexibility index (Phi) is 10.4. The molecule has 0 spiro atoms. The summed E-state index contributed by atoms with van der Waals surface area (Å²) >= 11 is 0. The molecule has 1 fully saturated rings. The van der Waals surface area contributed by atoms with Crippen molar-refractivity contribution in [1.82, 2.24) is 0 Å². The van der Waals surface area contributed by atoms with Gasteiger partial charge in [-0.15, -0.1) is 0 Å². The number of carbonyl (C=O) groups excluding carboxylic acids is 1.